The van der Waals surface area contributed by atoms with E-state index in [1.807, 2.05) is 25.1 Å². The zero-order valence-corrected chi connectivity index (χ0v) is 12.1. The number of hydrogen-bond donors (Lipinski definition) is 1. The van der Waals surface area contributed by atoms with Crippen LogP contribution in [0, 0.1) is 6.92 Å². The second kappa shape index (κ2) is 5.15. The molecule has 0 radical (unpaired) electrons. The Morgan fingerprint density at radius 2 is 1.95 bits per heavy atom. The smallest absolute Gasteiger partial charge is 0.0898 e. The van der Waals surface area contributed by atoms with Gasteiger partial charge in [0.15, 0.2) is 0 Å². The highest BCUT2D eigenvalue weighted by Crippen LogP contribution is 2.38. The van der Waals surface area contributed by atoms with Gasteiger partial charge >= 0.3 is 0 Å². The predicted molar refractivity (Wildman–Crippen MR) is 79.6 cm³/mol. The van der Waals surface area contributed by atoms with Crippen molar-refractivity contribution in [3.63, 3.8) is 0 Å². The number of aromatic nitrogens is 1. The van der Waals surface area contributed by atoms with E-state index in [1.54, 1.807) is 7.11 Å². The number of pyridine rings is 1. The Morgan fingerprint density at radius 3 is 2.65 bits per heavy atom. The molecule has 1 fully saturated rings. The van der Waals surface area contributed by atoms with Gasteiger partial charge in [0, 0.05) is 18.2 Å². The number of ether oxygens (including phenoxy) is 1. The average molecular weight is 271 g/mol. The van der Waals surface area contributed by atoms with E-state index in [1.165, 1.54) is 0 Å². The molecule has 1 saturated carbocycles. The van der Waals surface area contributed by atoms with E-state index in [0.717, 1.165) is 47.8 Å². The largest absolute Gasteiger partial charge is 0.385 e. The highest BCUT2D eigenvalue weighted by molar-refractivity contribution is 5.79. The monoisotopic (exact) mass is 271 g/mol. The summed E-state index contributed by atoms with van der Waals surface area (Å²) in [5.74, 6) is 0. The van der Waals surface area contributed by atoms with Crippen LogP contribution in [0.3, 0.4) is 0 Å². The first kappa shape index (κ1) is 13.5. The summed E-state index contributed by atoms with van der Waals surface area (Å²) in [6.07, 6.45) is 3.64. The van der Waals surface area contributed by atoms with Crippen LogP contribution in [0.5, 0.6) is 0 Å². The molecule has 0 spiro atoms. The Hall–Kier alpha value is -1.45. The third-order valence-electron chi connectivity index (χ3n) is 4.46. The summed E-state index contributed by atoms with van der Waals surface area (Å²) < 4.78 is 5.38. The Balaban J connectivity index is 1.92. The van der Waals surface area contributed by atoms with Crippen molar-refractivity contribution in [3.05, 3.63) is 41.6 Å². The van der Waals surface area contributed by atoms with Crippen LogP contribution in [-0.2, 0) is 10.3 Å². The zero-order chi connectivity index (χ0) is 14.2. The van der Waals surface area contributed by atoms with Crippen LogP contribution in [0.4, 0.5) is 0 Å². The van der Waals surface area contributed by atoms with Gasteiger partial charge in [-0.2, -0.15) is 0 Å². The number of nitrogens with zero attached hydrogens (tertiary/aromatic N) is 1. The number of benzene rings is 1. The molecule has 1 aromatic heterocycles. The molecule has 1 heterocycles. The van der Waals surface area contributed by atoms with Crippen LogP contribution in [0.15, 0.2) is 30.3 Å². The maximum atomic E-state index is 10.9. The van der Waals surface area contributed by atoms with Gasteiger partial charge in [-0.05, 0) is 56.4 Å². The standard InChI is InChI=1S/C17H21NO2/c1-12-3-4-13-11-14(5-6-16(13)18-12)17(19)9-7-15(20-2)8-10-17/h3-6,11,15,19H,7-10H2,1-2H3. The van der Waals surface area contributed by atoms with Crippen molar-refractivity contribution in [3.8, 4) is 0 Å². The van der Waals surface area contributed by atoms with E-state index in [4.69, 9.17) is 4.74 Å². The molecule has 0 unspecified atom stereocenters. The maximum absolute atomic E-state index is 10.9. The van der Waals surface area contributed by atoms with Gasteiger partial charge in [0.2, 0.25) is 0 Å². The van der Waals surface area contributed by atoms with Crippen molar-refractivity contribution in [1.29, 1.82) is 0 Å². The Kier molecular flexibility index (Phi) is 3.48. The second-order valence-electron chi connectivity index (χ2n) is 5.83. The van der Waals surface area contributed by atoms with Crippen molar-refractivity contribution < 1.29 is 9.84 Å². The molecule has 0 atom stereocenters. The Bertz CT molecular complexity index is 615. The molecule has 106 valence electrons. The number of rotatable bonds is 2. The van der Waals surface area contributed by atoms with Crippen molar-refractivity contribution in [2.24, 2.45) is 0 Å². The van der Waals surface area contributed by atoms with E-state index in [2.05, 4.69) is 17.1 Å². The summed E-state index contributed by atoms with van der Waals surface area (Å²) in [6, 6.07) is 10.2. The third-order valence-corrected chi connectivity index (χ3v) is 4.46. The molecule has 20 heavy (non-hydrogen) atoms. The molecule has 2 aromatic rings. The van der Waals surface area contributed by atoms with E-state index in [-0.39, 0.29) is 0 Å². The van der Waals surface area contributed by atoms with Gasteiger partial charge in [-0.15, -0.1) is 0 Å². The lowest BCUT2D eigenvalue weighted by Gasteiger charge is -2.36. The Labute approximate surface area is 119 Å². The quantitative estimate of drug-likeness (QED) is 0.911. The molecular formula is C17H21NO2. The molecular weight excluding hydrogens is 250 g/mol. The van der Waals surface area contributed by atoms with Crippen LogP contribution < -0.4 is 0 Å². The lowest BCUT2D eigenvalue weighted by molar-refractivity contribution is -0.0473. The summed E-state index contributed by atoms with van der Waals surface area (Å²) in [4.78, 5) is 4.51. The molecule has 1 N–H and O–H groups in total. The van der Waals surface area contributed by atoms with Gasteiger partial charge in [0.05, 0.1) is 17.2 Å². The minimum atomic E-state index is -0.714. The van der Waals surface area contributed by atoms with Crippen LogP contribution in [0.1, 0.15) is 36.9 Å². The summed E-state index contributed by atoms with van der Waals surface area (Å²) in [7, 11) is 1.75. The van der Waals surface area contributed by atoms with E-state index in [9.17, 15) is 5.11 Å². The lowest BCUT2D eigenvalue weighted by Crippen LogP contribution is -2.33. The molecule has 3 nitrogen and oxygen atoms in total. The molecule has 3 heteroatoms. The molecule has 3 rings (SSSR count). The molecule has 1 aliphatic rings. The summed E-state index contributed by atoms with van der Waals surface area (Å²) in [5.41, 5.74) is 2.30. The topological polar surface area (TPSA) is 42.4 Å². The van der Waals surface area contributed by atoms with Crippen LogP contribution >= 0.6 is 0 Å². The fourth-order valence-corrected chi connectivity index (χ4v) is 3.11. The molecule has 0 amide bonds. The number of aliphatic hydroxyl groups is 1. The summed E-state index contributed by atoms with van der Waals surface area (Å²) >= 11 is 0. The van der Waals surface area contributed by atoms with E-state index >= 15 is 0 Å². The van der Waals surface area contributed by atoms with Gasteiger partial charge in [-0.1, -0.05) is 12.1 Å². The minimum absolute atomic E-state index is 0.292. The van der Waals surface area contributed by atoms with Crippen molar-refractivity contribution in [2.75, 3.05) is 7.11 Å². The maximum Gasteiger partial charge on any atom is 0.0898 e. The normalized spacial score (nSPS) is 26.9. The van der Waals surface area contributed by atoms with Gasteiger partial charge < -0.3 is 9.84 Å². The summed E-state index contributed by atoms with van der Waals surface area (Å²) in [6.45, 7) is 1.99. The first-order chi connectivity index (χ1) is 9.60. The number of fused-ring (bicyclic) bond motifs is 1. The van der Waals surface area contributed by atoms with Gasteiger partial charge in [-0.3, -0.25) is 4.98 Å². The minimum Gasteiger partial charge on any atom is -0.385 e. The lowest BCUT2D eigenvalue weighted by atomic mass is 9.78. The van der Waals surface area contributed by atoms with Gasteiger partial charge in [0.1, 0.15) is 0 Å². The second-order valence-corrected chi connectivity index (χ2v) is 5.83. The third kappa shape index (κ3) is 2.43. The molecule has 0 aliphatic heterocycles. The average Bonchev–Trinajstić information content (AvgIpc) is 2.47. The SMILES string of the molecule is COC1CCC(O)(c2ccc3nc(C)ccc3c2)CC1. The molecule has 0 saturated heterocycles. The van der Waals surface area contributed by atoms with Crippen LogP contribution in [0.2, 0.25) is 0 Å². The highest BCUT2D eigenvalue weighted by atomic mass is 16.5. The first-order valence-corrected chi connectivity index (χ1v) is 7.24. The predicted octanol–water partition coefficient (Wildman–Crippen LogP) is 3.32. The molecule has 1 aliphatic carbocycles. The van der Waals surface area contributed by atoms with Gasteiger partial charge in [0.25, 0.3) is 0 Å². The number of methoxy groups -OCH3 is 1. The van der Waals surface area contributed by atoms with E-state index < -0.39 is 5.60 Å². The van der Waals surface area contributed by atoms with Crippen LogP contribution in [-0.4, -0.2) is 23.3 Å². The van der Waals surface area contributed by atoms with Crippen molar-refractivity contribution in [1.82, 2.24) is 4.98 Å². The number of hydrogen-bond acceptors (Lipinski definition) is 3. The molecule has 1 aromatic carbocycles. The van der Waals surface area contributed by atoms with Crippen molar-refractivity contribution >= 4 is 10.9 Å². The van der Waals surface area contributed by atoms with Crippen LogP contribution in [0.25, 0.3) is 10.9 Å². The fourth-order valence-electron chi connectivity index (χ4n) is 3.11. The zero-order valence-electron chi connectivity index (χ0n) is 12.1. The fraction of sp³-hybridized carbons (Fsp3) is 0.471. The van der Waals surface area contributed by atoms with Crippen molar-refractivity contribution in [2.45, 2.75) is 44.3 Å². The van der Waals surface area contributed by atoms with Gasteiger partial charge in [-0.25, -0.2) is 0 Å². The first-order valence-electron chi connectivity index (χ1n) is 7.24. The molecule has 0 bridgehead atoms. The highest BCUT2D eigenvalue weighted by Gasteiger charge is 2.34. The number of aryl methyl sites for hydroxylation is 1. The Morgan fingerprint density at radius 1 is 1.20 bits per heavy atom. The van der Waals surface area contributed by atoms with E-state index in [0.29, 0.717) is 6.10 Å². The summed E-state index contributed by atoms with van der Waals surface area (Å²) in [5, 5.41) is 12.0.